The van der Waals surface area contributed by atoms with Crippen LogP contribution in [-0.2, 0) is 14.3 Å². The highest BCUT2D eigenvalue weighted by molar-refractivity contribution is 6.31. The van der Waals surface area contributed by atoms with Gasteiger partial charge >= 0.3 is 0 Å². The summed E-state index contributed by atoms with van der Waals surface area (Å²) >= 11 is 6.03. The molecule has 0 radical (unpaired) electrons. The Morgan fingerprint density at radius 2 is 1.93 bits per heavy atom. The van der Waals surface area contributed by atoms with E-state index in [1.807, 2.05) is 6.92 Å². The van der Waals surface area contributed by atoms with Crippen molar-refractivity contribution < 1.29 is 19.1 Å². The molecule has 1 fully saturated rings. The lowest BCUT2D eigenvalue weighted by atomic mass is 10.2. The third kappa shape index (κ3) is 7.47. The molecule has 0 aromatic heterocycles. The molecule has 1 saturated heterocycles. The van der Waals surface area contributed by atoms with Crippen LogP contribution < -0.4 is 15.4 Å². The number of amides is 2. The molecule has 2 rings (SSSR count). The van der Waals surface area contributed by atoms with Crippen molar-refractivity contribution in [2.45, 2.75) is 19.4 Å². The van der Waals surface area contributed by atoms with Gasteiger partial charge in [-0.2, -0.15) is 0 Å². The zero-order chi connectivity index (χ0) is 21.2. The van der Waals surface area contributed by atoms with Crippen molar-refractivity contribution in [2.24, 2.45) is 0 Å². The van der Waals surface area contributed by atoms with Crippen LogP contribution in [0, 0.1) is 0 Å². The molecule has 0 saturated carbocycles. The van der Waals surface area contributed by atoms with Crippen LogP contribution >= 0.6 is 11.6 Å². The number of hydrogen-bond donors (Lipinski definition) is 2. The van der Waals surface area contributed by atoms with Gasteiger partial charge in [-0.1, -0.05) is 11.6 Å². The highest BCUT2D eigenvalue weighted by Gasteiger charge is 2.26. The molecule has 1 aliphatic rings. The SMILES string of the molecule is COCCCNC(=O)CN1CCN([C@H](C)C(=O)Nc2cc(Cl)ccc2OC)CC1. The molecule has 0 aliphatic carbocycles. The van der Waals surface area contributed by atoms with Gasteiger partial charge < -0.3 is 20.1 Å². The molecule has 9 heteroatoms. The summed E-state index contributed by atoms with van der Waals surface area (Å²) in [5.41, 5.74) is 0.556. The summed E-state index contributed by atoms with van der Waals surface area (Å²) in [7, 11) is 3.20. The molecule has 8 nitrogen and oxygen atoms in total. The molecule has 2 N–H and O–H groups in total. The molecule has 29 heavy (non-hydrogen) atoms. The maximum Gasteiger partial charge on any atom is 0.241 e. The second kappa shape index (κ2) is 12.0. The first-order valence-electron chi connectivity index (χ1n) is 9.81. The number of benzene rings is 1. The molecule has 162 valence electrons. The van der Waals surface area contributed by atoms with Gasteiger partial charge in [0.25, 0.3) is 0 Å². The molecule has 2 amide bonds. The van der Waals surface area contributed by atoms with Crippen molar-refractivity contribution >= 4 is 29.1 Å². The molecule has 1 heterocycles. The summed E-state index contributed by atoms with van der Waals surface area (Å²) in [4.78, 5) is 28.9. The second-order valence-corrected chi connectivity index (χ2v) is 7.45. The van der Waals surface area contributed by atoms with Crippen molar-refractivity contribution in [3.05, 3.63) is 23.2 Å². The van der Waals surface area contributed by atoms with Gasteiger partial charge in [0, 0.05) is 51.5 Å². The van der Waals surface area contributed by atoms with Gasteiger partial charge in [0.05, 0.1) is 25.4 Å². The van der Waals surface area contributed by atoms with Crippen LogP contribution in [0.3, 0.4) is 0 Å². The number of ether oxygens (including phenoxy) is 2. The van der Waals surface area contributed by atoms with E-state index in [2.05, 4.69) is 20.4 Å². The minimum atomic E-state index is -0.302. The minimum Gasteiger partial charge on any atom is -0.495 e. The summed E-state index contributed by atoms with van der Waals surface area (Å²) in [5.74, 6) is 0.472. The highest BCUT2D eigenvalue weighted by atomic mass is 35.5. The number of nitrogens with one attached hydrogen (secondary N) is 2. The van der Waals surface area contributed by atoms with Gasteiger partial charge in [-0.05, 0) is 31.5 Å². The number of carbonyl (C=O) groups excluding carboxylic acids is 2. The van der Waals surface area contributed by atoms with E-state index >= 15 is 0 Å². The largest absolute Gasteiger partial charge is 0.495 e. The first-order chi connectivity index (χ1) is 13.9. The van der Waals surface area contributed by atoms with Gasteiger partial charge in [0.15, 0.2) is 0 Å². The second-order valence-electron chi connectivity index (χ2n) is 7.02. The van der Waals surface area contributed by atoms with Crippen LogP contribution in [0.5, 0.6) is 5.75 Å². The number of anilines is 1. The van der Waals surface area contributed by atoms with E-state index in [4.69, 9.17) is 21.1 Å². The lowest BCUT2D eigenvalue weighted by molar-refractivity contribution is -0.124. The third-order valence-corrected chi connectivity index (χ3v) is 5.20. The lowest BCUT2D eigenvalue weighted by Gasteiger charge is -2.37. The Morgan fingerprint density at radius 3 is 2.59 bits per heavy atom. The van der Waals surface area contributed by atoms with E-state index in [-0.39, 0.29) is 17.9 Å². The summed E-state index contributed by atoms with van der Waals surface area (Å²) in [6.07, 6.45) is 0.806. The van der Waals surface area contributed by atoms with Crippen molar-refractivity contribution in [1.82, 2.24) is 15.1 Å². The standard InChI is InChI=1S/C20H31ClN4O4/c1-15(20(27)23-17-13-16(21)5-6-18(17)29-3)25-10-8-24(9-11-25)14-19(26)22-7-4-12-28-2/h5-6,13,15H,4,7-12,14H2,1-3H3,(H,22,26)(H,23,27)/t15-/m1/s1. The normalized spacial score (nSPS) is 16.3. The monoisotopic (exact) mass is 426 g/mol. The zero-order valence-corrected chi connectivity index (χ0v) is 18.1. The Balaban J connectivity index is 1.78. The summed E-state index contributed by atoms with van der Waals surface area (Å²) in [6, 6.07) is 4.81. The Labute approximate surface area is 177 Å². The van der Waals surface area contributed by atoms with Gasteiger partial charge in [-0.15, -0.1) is 0 Å². The predicted octanol–water partition coefficient (Wildman–Crippen LogP) is 1.45. The maximum atomic E-state index is 12.7. The smallest absolute Gasteiger partial charge is 0.241 e. The van der Waals surface area contributed by atoms with E-state index in [0.29, 0.717) is 36.2 Å². The topological polar surface area (TPSA) is 83.1 Å². The van der Waals surface area contributed by atoms with Crippen molar-refractivity contribution in [1.29, 1.82) is 0 Å². The minimum absolute atomic E-state index is 0.0217. The Kier molecular flexibility index (Phi) is 9.66. The van der Waals surface area contributed by atoms with E-state index < -0.39 is 0 Å². The number of methoxy groups -OCH3 is 2. The van der Waals surface area contributed by atoms with Crippen LogP contribution in [0.4, 0.5) is 5.69 Å². The first kappa shape index (κ1) is 23.4. The average molecular weight is 427 g/mol. The van der Waals surface area contributed by atoms with Crippen LogP contribution in [0.15, 0.2) is 18.2 Å². The first-order valence-corrected chi connectivity index (χ1v) is 10.2. The molecule has 1 aliphatic heterocycles. The Bertz CT molecular complexity index is 680. The van der Waals surface area contributed by atoms with Crippen LogP contribution in [0.25, 0.3) is 0 Å². The third-order valence-electron chi connectivity index (χ3n) is 4.97. The van der Waals surface area contributed by atoms with Crippen LogP contribution in [0.1, 0.15) is 13.3 Å². The Hall–Kier alpha value is -1.87. The van der Waals surface area contributed by atoms with Crippen molar-refractivity contribution in [2.75, 3.05) is 65.4 Å². The number of rotatable bonds is 10. The van der Waals surface area contributed by atoms with Gasteiger partial charge in [0.2, 0.25) is 11.8 Å². The number of hydrogen-bond acceptors (Lipinski definition) is 6. The molecule has 1 aromatic carbocycles. The fourth-order valence-corrected chi connectivity index (χ4v) is 3.37. The quantitative estimate of drug-likeness (QED) is 0.551. The zero-order valence-electron chi connectivity index (χ0n) is 17.4. The molecule has 0 bridgehead atoms. The number of piperazine rings is 1. The average Bonchev–Trinajstić information content (AvgIpc) is 2.71. The van der Waals surface area contributed by atoms with Gasteiger partial charge in [-0.3, -0.25) is 19.4 Å². The summed E-state index contributed by atoms with van der Waals surface area (Å²) < 4.78 is 10.3. The predicted molar refractivity (Wildman–Crippen MR) is 114 cm³/mol. The highest BCUT2D eigenvalue weighted by Crippen LogP contribution is 2.28. The molecule has 0 unspecified atom stereocenters. The van der Waals surface area contributed by atoms with Crippen molar-refractivity contribution in [3.63, 3.8) is 0 Å². The number of halogens is 1. The summed E-state index contributed by atoms with van der Waals surface area (Å²) in [6.45, 7) is 6.44. The maximum absolute atomic E-state index is 12.7. The van der Waals surface area contributed by atoms with E-state index in [0.717, 1.165) is 32.6 Å². The number of carbonyl (C=O) groups is 2. The van der Waals surface area contributed by atoms with Crippen LogP contribution in [0.2, 0.25) is 5.02 Å². The van der Waals surface area contributed by atoms with Crippen LogP contribution in [-0.4, -0.2) is 87.8 Å². The molecular formula is C20H31ClN4O4. The summed E-state index contributed by atoms with van der Waals surface area (Å²) in [5, 5.41) is 6.33. The van der Waals surface area contributed by atoms with Crippen molar-refractivity contribution in [3.8, 4) is 5.75 Å². The molecule has 0 spiro atoms. The van der Waals surface area contributed by atoms with Gasteiger partial charge in [-0.25, -0.2) is 0 Å². The Morgan fingerprint density at radius 1 is 1.21 bits per heavy atom. The van der Waals surface area contributed by atoms with E-state index in [1.54, 1.807) is 32.4 Å². The molecule has 1 atom stereocenters. The molecule has 1 aromatic rings. The molecular weight excluding hydrogens is 396 g/mol. The lowest BCUT2D eigenvalue weighted by Crippen LogP contribution is -2.54. The fourth-order valence-electron chi connectivity index (χ4n) is 3.19. The number of nitrogens with zero attached hydrogens (tertiary/aromatic N) is 2. The van der Waals surface area contributed by atoms with E-state index in [9.17, 15) is 9.59 Å². The fraction of sp³-hybridized carbons (Fsp3) is 0.600. The van der Waals surface area contributed by atoms with Gasteiger partial charge in [0.1, 0.15) is 5.75 Å². The van der Waals surface area contributed by atoms with E-state index in [1.165, 1.54) is 0 Å².